The van der Waals surface area contributed by atoms with Gasteiger partial charge < -0.3 is 14.9 Å². The minimum absolute atomic E-state index is 0. The Morgan fingerprint density at radius 1 is 0.741 bits per heavy atom. The quantitative estimate of drug-likeness (QED) is 0.376. The normalized spacial score (nSPS) is 11.0. The first-order valence-corrected chi connectivity index (χ1v) is 11.9. The Hall–Kier alpha value is -0.499. The SMILES string of the molecule is Cc1c(C)c(C)[c-]([Si](CC(C)C)(CC(C)C)c2ccccc2)c1C.[CH3-].[CH3-].[Ti+3]. The minimum atomic E-state index is -1.77. The van der Waals surface area contributed by atoms with E-state index < -0.39 is 8.07 Å². The Morgan fingerprint density at radius 3 is 1.44 bits per heavy atom. The van der Waals surface area contributed by atoms with Crippen LogP contribution in [0.4, 0.5) is 0 Å². The van der Waals surface area contributed by atoms with Crippen LogP contribution in [0.2, 0.25) is 12.1 Å². The van der Waals surface area contributed by atoms with E-state index in [1.54, 1.807) is 21.5 Å². The molecule has 2 aromatic carbocycles. The van der Waals surface area contributed by atoms with E-state index in [-0.39, 0.29) is 36.6 Å². The predicted octanol–water partition coefficient (Wildman–Crippen LogP) is 6.41. The number of hydrogen-bond acceptors (Lipinski definition) is 0. The van der Waals surface area contributed by atoms with Gasteiger partial charge in [0, 0.05) is 0 Å². The summed E-state index contributed by atoms with van der Waals surface area (Å²) in [4.78, 5) is 0. The molecule has 1 radical (unpaired) electrons. The molecule has 0 aliphatic rings. The first kappa shape index (κ1) is 28.7. The third kappa shape index (κ3) is 5.75. The zero-order valence-corrected chi connectivity index (χ0v) is 22.0. The van der Waals surface area contributed by atoms with Crippen LogP contribution in [-0.2, 0) is 21.7 Å². The molecule has 2 rings (SSSR count). The molecule has 0 aliphatic carbocycles. The van der Waals surface area contributed by atoms with Gasteiger partial charge in [-0.05, 0) is 11.8 Å². The fourth-order valence-corrected chi connectivity index (χ4v) is 11.5. The summed E-state index contributed by atoms with van der Waals surface area (Å²) in [6.45, 7) is 19.0. The van der Waals surface area contributed by atoms with Crippen molar-refractivity contribution in [2.75, 3.05) is 0 Å². The maximum absolute atomic E-state index is 2.41. The number of benzene rings is 1. The molecule has 0 unspecified atom stereocenters. The van der Waals surface area contributed by atoms with Gasteiger partial charge in [-0.2, -0.15) is 22.3 Å². The van der Waals surface area contributed by atoms with Crippen molar-refractivity contribution in [3.63, 3.8) is 0 Å². The summed E-state index contributed by atoms with van der Waals surface area (Å²) in [5.74, 6) is 1.45. The molecular formula is C25H41SiTi. The van der Waals surface area contributed by atoms with Crippen molar-refractivity contribution in [1.82, 2.24) is 0 Å². The van der Waals surface area contributed by atoms with Crippen molar-refractivity contribution in [2.45, 2.75) is 67.5 Å². The fourth-order valence-electron chi connectivity index (χ4n) is 4.76. The molecule has 0 spiro atoms. The molecule has 2 aromatic rings. The molecule has 0 saturated carbocycles. The van der Waals surface area contributed by atoms with Gasteiger partial charge in [0.05, 0.1) is 8.07 Å². The monoisotopic (exact) mass is 417 g/mol. The summed E-state index contributed by atoms with van der Waals surface area (Å²) in [6, 6.07) is 14.2. The van der Waals surface area contributed by atoms with E-state index in [0.717, 1.165) is 11.8 Å². The molecule has 0 fully saturated rings. The summed E-state index contributed by atoms with van der Waals surface area (Å²) in [6.07, 6.45) is 0. The average molecular weight is 418 g/mol. The molecule has 0 aromatic heterocycles. The van der Waals surface area contributed by atoms with E-state index in [9.17, 15) is 0 Å². The number of hydrogen-bond donors (Lipinski definition) is 0. The molecule has 0 amide bonds. The molecule has 0 bridgehead atoms. The van der Waals surface area contributed by atoms with Gasteiger partial charge >= 0.3 is 21.7 Å². The van der Waals surface area contributed by atoms with Crippen LogP contribution in [0, 0.1) is 54.4 Å². The van der Waals surface area contributed by atoms with E-state index in [4.69, 9.17) is 0 Å². The summed E-state index contributed by atoms with van der Waals surface area (Å²) in [7, 11) is -1.77. The summed E-state index contributed by atoms with van der Waals surface area (Å²) < 4.78 is 0. The molecule has 0 N–H and O–H groups in total. The zero-order chi connectivity index (χ0) is 18.1. The van der Waals surface area contributed by atoms with Gasteiger partial charge in [-0.25, -0.2) is 0 Å². The van der Waals surface area contributed by atoms with E-state index in [2.05, 4.69) is 85.7 Å². The second-order valence-corrected chi connectivity index (χ2v) is 12.6. The van der Waals surface area contributed by atoms with E-state index in [1.807, 2.05) is 0 Å². The summed E-state index contributed by atoms with van der Waals surface area (Å²) in [5.41, 5.74) is 6.18. The van der Waals surface area contributed by atoms with Crippen LogP contribution in [0.25, 0.3) is 0 Å². The van der Waals surface area contributed by atoms with Gasteiger partial charge in [0.15, 0.2) is 0 Å². The largest absolute Gasteiger partial charge is 3.00 e. The van der Waals surface area contributed by atoms with Crippen LogP contribution in [0.15, 0.2) is 30.3 Å². The molecule has 0 aliphatic heterocycles. The average Bonchev–Trinajstić information content (AvgIpc) is 2.70. The van der Waals surface area contributed by atoms with Crippen molar-refractivity contribution in [1.29, 1.82) is 0 Å². The topological polar surface area (TPSA) is 0 Å². The van der Waals surface area contributed by atoms with Crippen LogP contribution in [-0.4, -0.2) is 8.07 Å². The molecule has 0 atom stereocenters. The zero-order valence-electron chi connectivity index (χ0n) is 19.5. The molecule has 0 nitrogen and oxygen atoms in total. The molecule has 0 saturated heterocycles. The van der Waals surface area contributed by atoms with Crippen LogP contribution in [0.3, 0.4) is 0 Å². The smallest absolute Gasteiger partial charge is 0.358 e. The Bertz CT molecular complexity index is 645. The van der Waals surface area contributed by atoms with Crippen molar-refractivity contribution in [3.05, 3.63) is 67.4 Å². The van der Waals surface area contributed by atoms with Gasteiger partial charge in [-0.1, -0.05) is 103 Å². The van der Waals surface area contributed by atoms with E-state index >= 15 is 0 Å². The van der Waals surface area contributed by atoms with Crippen LogP contribution in [0.5, 0.6) is 0 Å². The summed E-state index contributed by atoms with van der Waals surface area (Å²) in [5, 5.41) is 3.37. The second kappa shape index (κ2) is 11.5. The third-order valence-electron chi connectivity index (χ3n) is 5.76. The first-order chi connectivity index (χ1) is 11.2. The molecule has 149 valence electrons. The maximum Gasteiger partial charge on any atom is 3.00 e. The molecule has 27 heavy (non-hydrogen) atoms. The third-order valence-corrected chi connectivity index (χ3v) is 11.9. The van der Waals surface area contributed by atoms with Crippen LogP contribution < -0.4 is 10.4 Å². The van der Waals surface area contributed by atoms with Gasteiger partial charge in [-0.15, -0.1) is 5.19 Å². The maximum atomic E-state index is 2.41. The second-order valence-electron chi connectivity index (χ2n) is 8.52. The van der Waals surface area contributed by atoms with Gasteiger partial charge in [0.1, 0.15) is 0 Å². The van der Waals surface area contributed by atoms with Crippen LogP contribution >= 0.6 is 0 Å². The fraction of sp³-hybridized carbons (Fsp3) is 0.480. The minimum Gasteiger partial charge on any atom is -0.358 e. The predicted molar refractivity (Wildman–Crippen MR) is 125 cm³/mol. The van der Waals surface area contributed by atoms with Crippen molar-refractivity contribution in [3.8, 4) is 0 Å². The Morgan fingerprint density at radius 2 is 1.11 bits per heavy atom. The Kier molecular flexibility index (Phi) is 12.2. The van der Waals surface area contributed by atoms with Crippen LogP contribution in [0.1, 0.15) is 49.9 Å². The van der Waals surface area contributed by atoms with Crippen molar-refractivity contribution < 1.29 is 21.7 Å². The van der Waals surface area contributed by atoms with Crippen molar-refractivity contribution >= 4 is 18.4 Å². The first-order valence-electron chi connectivity index (χ1n) is 9.49. The van der Waals surface area contributed by atoms with E-state index in [0.29, 0.717) is 0 Å². The molecule has 2 heteroatoms. The van der Waals surface area contributed by atoms with Crippen molar-refractivity contribution in [2.24, 2.45) is 11.8 Å². The van der Waals surface area contributed by atoms with Gasteiger partial charge in [-0.3, -0.25) is 0 Å². The molecular weight excluding hydrogens is 376 g/mol. The Labute approximate surface area is 186 Å². The molecule has 0 heterocycles. The standard InChI is InChI=1S/C23H35Si.2CH3.Ti/c1-16(2)14-24(15-17(3)4,22-12-10-9-11-13-22)23-20(7)18(5)19(6)21(23)8;;;/h9-13,16-17H,14-15H2,1-8H3;2*1H3;/q3*-1;+3. The van der Waals surface area contributed by atoms with Gasteiger partial charge in [0.25, 0.3) is 0 Å². The van der Waals surface area contributed by atoms with E-state index in [1.165, 1.54) is 23.2 Å². The summed E-state index contributed by atoms with van der Waals surface area (Å²) >= 11 is 0. The number of rotatable bonds is 6. The van der Waals surface area contributed by atoms with Gasteiger partial charge in [0.2, 0.25) is 0 Å². The Balaban J connectivity index is 0.